The van der Waals surface area contributed by atoms with Crippen LogP contribution in [0.15, 0.2) is 77.7 Å². The van der Waals surface area contributed by atoms with Crippen LogP contribution >= 0.6 is 0 Å². The quantitative estimate of drug-likeness (QED) is 0.454. The van der Waals surface area contributed by atoms with Crippen molar-refractivity contribution in [1.82, 2.24) is 0 Å². The number of benzene rings is 3. The lowest BCUT2D eigenvalue weighted by atomic mass is 10.1. The Morgan fingerprint density at radius 1 is 0.909 bits per heavy atom. The van der Waals surface area contributed by atoms with Crippen molar-refractivity contribution in [3.8, 4) is 5.75 Å². The summed E-state index contributed by atoms with van der Waals surface area (Å²) in [4.78, 5) is 24.9. The Hall–Kier alpha value is -3.65. The number of amides is 2. The molecule has 0 aliphatic rings. The molecular weight excluding hydrogens is 440 g/mol. The minimum Gasteiger partial charge on any atom is -0.494 e. The van der Waals surface area contributed by atoms with Crippen molar-refractivity contribution in [2.75, 3.05) is 23.5 Å². The average Bonchev–Trinajstić information content (AvgIpc) is 2.79. The van der Waals surface area contributed by atoms with Crippen molar-refractivity contribution < 1.29 is 22.7 Å². The highest BCUT2D eigenvalue weighted by molar-refractivity contribution is 7.90. The van der Waals surface area contributed by atoms with Gasteiger partial charge in [-0.05, 0) is 67.4 Å². The fraction of sp³-hybridized carbons (Fsp3) is 0.200. The Morgan fingerprint density at radius 3 is 2.27 bits per heavy atom. The fourth-order valence-electron chi connectivity index (χ4n) is 3.05. The van der Waals surface area contributed by atoms with Crippen LogP contribution in [-0.4, -0.2) is 33.1 Å². The zero-order valence-corrected chi connectivity index (χ0v) is 19.3. The topological polar surface area (TPSA) is 102 Å². The lowest BCUT2D eigenvalue weighted by molar-refractivity contribution is -0.116. The molecule has 3 rings (SSSR count). The third-order valence-corrected chi connectivity index (χ3v) is 6.00. The molecule has 3 aromatic carbocycles. The highest BCUT2D eigenvalue weighted by atomic mass is 32.2. The summed E-state index contributed by atoms with van der Waals surface area (Å²) >= 11 is 0. The van der Waals surface area contributed by atoms with Crippen LogP contribution in [0.1, 0.15) is 28.8 Å². The Labute approximate surface area is 193 Å². The van der Waals surface area contributed by atoms with Crippen LogP contribution in [0.25, 0.3) is 0 Å². The lowest BCUT2D eigenvalue weighted by Gasteiger charge is -2.12. The van der Waals surface area contributed by atoms with E-state index >= 15 is 0 Å². The van der Waals surface area contributed by atoms with Gasteiger partial charge in [-0.15, -0.1) is 0 Å². The Balaban J connectivity index is 1.48. The Bertz CT molecular complexity index is 1220. The van der Waals surface area contributed by atoms with E-state index in [1.807, 2.05) is 19.1 Å². The van der Waals surface area contributed by atoms with E-state index in [1.165, 1.54) is 12.1 Å². The molecule has 8 heteroatoms. The standard InChI is InChI=1S/C25H26N2O5S/c1-18-10-11-20(26-25(29)19-7-4-3-5-8-19)17-23(18)27-24(28)9-6-16-32-21-12-14-22(15-13-21)33(2,30)31/h3-5,7-8,10-15,17H,6,9,16H2,1-2H3,(H,26,29)(H,27,28). The molecule has 0 heterocycles. The first-order chi connectivity index (χ1) is 15.7. The second-order valence-corrected chi connectivity index (χ2v) is 9.61. The average molecular weight is 467 g/mol. The number of rotatable bonds is 9. The van der Waals surface area contributed by atoms with E-state index in [9.17, 15) is 18.0 Å². The number of anilines is 2. The minimum absolute atomic E-state index is 0.166. The Morgan fingerprint density at radius 2 is 1.61 bits per heavy atom. The van der Waals surface area contributed by atoms with Gasteiger partial charge in [0.15, 0.2) is 9.84 Å². The first-order valence-corrected chi connectivity index (χ1v) is 12.3. The number of hydrogen-bond donors (Lipinski definition) is 2. The zero-order chi connectivity index (χ0) is 23.8. The fourth-order valence-corrected chi connectivity index (χ4v) is 3.68. The van der Waals surface area contributed by atoms with Crippen LogP contribution in [-0.2, 0) is 14.6 Å². The maximum Gasteiger partial charge on any atom is 0.255 e. The maximum atomic E-state index is 12.4. The molecule has 0 atom stereocenters. The molecular formula is C25H26N2O5S. The van der Waals surface area contributed by atoms with Crippen LogP contribution in [0.5, 0.6) is 5.75 Å². The van der Waals surface area contributed by atoms with Crippen molar-refractivity contribution in [3.63, 3.8) is 0 Å². The zero-order valence-electron chi connectivity index (χ0n) is 18.5. The van der Waals surface area contributed by atoms with Crippen LogP contribution < -0.4 is 15.4 Å². The summed E-state index contributed by atoms with van der Waals surface area (Å²) in [6, 6.07) is 20.4. The monoisotopic (exact) mass is 466 g/mol. The second kappa shape index (κ2) is 10.8. The molecule has 0 aromatic heterocycles. The third-order valence-electron chi connectivity index (χ3n) is 4.87. The van der Waals surface area contributed by atoms with Gasteiger partial charge in [-0.1, -0.05) is 24.3 Å². The molecule has 7 nitrogen and oxygen atoms in total. The van der Waals surface area contributed by atoms with Gasteiger partial charge >= 0.3 is 0 Å². The van der Waals surface area contributed by atoms with E-state index in [2.05, 4.69) is 10.6 Å². The minimum atomic E-state index is -3.25. The summed E-state index contributed by atoms with van der Waals surface area (Å²) in [5.41, 5.74) is 2.65. The molecule has 0 aliphatic carbocycles. The van der Waals surface area contributed by atoms with Gasteiger partial charge < -0.3 is 15.4 Å². The smallest absolute Gasteiger partial charge is 0.255 e. The molecule has 0 saturated heterocycles. The van der Waals surface area contributed by atoms with E-state index in [0.717, 1.165) is 11.8 Å². The van der Waals surface area contributed by atoms with Crippen molar-refractivity contribution >= 4 is 33.0 Å². The first kappa shape index (κ1) is 24.0. The van der Waals surface area contributed by atoms with Crippen molar-refractivity contribution in [1.29, 1.82) is 0 Å². The summed E-state index contributed by atoms with van der Waals surface area (Å²) in [5.74, 6) is 0.152. The predicted octanol–water partition coefficient (Wildman–Crippen LogP) is 4.45. The molecule has 33 heavy (non-hydrogen) atoms. The number of hydrogen-bond acceptors (Lipinski definition) is 5. The van der Waals surface area contributed by atoms with Gasteiger partial charge in [-0.25, -0.2) is 8.42 Å². The van der Waals surface area contributed by atoms with Gasteiger partial charge in [-0.3, -0.25) is 9.59 Å². The number of ether oxygens (including phenoxy) is 1. The van der Waals surface area contributed by atoms with E-state index in [4.69, 9.17) is 4.74 Å². The van der Waals surface area contributed by atoms with Crippen LogP contribution in [0, 0.1) is 6.92 Å². The van der Waals surface area contributed by atoms with Crippen LogP contribution in [0.4, 0.5) is 11.4 Å². The van der Waals surface area contributed by atoms with E-state index in [0.29, 0.717) is 35.7 Å². The van der Waals surface area contributed by atoms with Crippen molar-refractivity contribution in [2.45, 2.75) is 24.7 Å². The number of sulfone groups is 1. The van der Waals surface area contributed by atoms with E-state index in [1.54, 1.807) is 48.5 Å². The summed E-state index contributed by atoms with van der Waals surface area (Å²) in [6.07, 6.45) is 1.89. The molecule has 0 radical (unpaired) electrons. The Kier molecular flexibility index (Phi) is 7.84. The normalized spacial score (nSPS) is 11.0. The van der Waals surface area contributed by atoms with Crippen LogP contribution in [0.3, 0.4) is 0 Å². The summed E-state index contributed by atoms with van der Waals surface area (Å²) < 4.78 is 28.6. The molecule has 172 valence electrons. The molecule has 0 unspecified atom stereocenters. The van der Waals surface area contributed by atoms with E-state index in [-0.39, 0.29) is 23.1 Å². The molecule has 0 aliphatic heterocycles. The van der Waals surface area contributed by atoms with Crippen molar-refractivity contribution in [3.05, 3.63) is 83.9 Å². The lowest BCUT2D eigenvalue weighted by Crippen LogP contribution is -2.15. The number of nitrogens with one attached hydrogen (secondary N) is 2. The van der Waals surface area contributed by atoms with Crippen molar-refractivity contribution in [2.24, 2.45) is 0 Å². The number of aryl methyl sites for hydroxylation is 1. The molecule has 3 aromatic rings. The highest BCUT2D eigenvalue weighted by Crippen LogP contribution is 2.21. The summed E-state index contributed by atoms with van der Waals surface area (Å²) in [5, 5.41) is 5.71. The van der Waals surface area contributed by atoms with Crippen LogP contribution in [0.2, 0.25) is 0 Å². The molecule has 0 bridgehead atoms. The van der Waals surface area contributed by atoms with Gasteiger partial charge in [0.25, 0.3) is 5.91 Å². The third kappa shape index (κ3) is 7.18. The summed E-state index contributed by atoms with van der Waals surface area (Å²) in [6.45, 7) is 2.19. The molecule has 0 saturated carbocycles. The maximum absolute atomic E-state index is 12.4. The number of carbonyl (C=O) groups is 2. The number of carbonyl (C=O) groups excluding carboxylic acids is 2. The van der Waals surface area contributed by atoms with Gasteiger partial charge in [-0.2, -0.15) is 0 Å². The van der Waals surface area contributed by atoms with Gasteiger partial charge in [0.1, 0.15) is 5.75 Å². The second-order valence-electron chi connectivity index (χ2n) is 7.59. The summed E-state index contributed by atoms with van der Waals surface area (Å²) in [7, 11) is -3.25. The van der Waals surface area contributed by atoms with Gasteiger partial charge in [0, 0.05) is 29.6 Å². The molecule has 2 N–H and O–H groups in total. The largest absolute Gasteiger partial charge is 0.494 e. The van der Waals surface area contributed by atoms with Gasteiger partial charge in [0.2, 0.25) is 5.91 Å². The molecule has 2 amide bonds. The van der Waals surface area contributed by atoms with Gasteiger partial charge in [0.05, 0.1) is 11.5 Å². The first-order valence-electron chi connectivity index (χ1n) is 10.4. The van der Waals surface area contributed by atoms with E-state index < -0.39 is 9.84 Å². The molecule has 0 spiro atoms. The predicted molar refractivity (Wildman–Crippen MR) is 128 cm³/mol. The molecule has 0 fully saturated rings. The highest BCUT2D eigenvalue weighted by Gasteiger charge is 2.10. The SMILES string of the molecule is Cc1ccc(NC(=O)c2ccccc2)cc1NC(=O)CCCOc1ccc(S(C)(=O)=O)cc1.